The summed E-state index contributed by atoms with van der Waals surface area (Å²) in [5, 5.41) is 5.32. The highest BCUT2D eigenvalue weighted by Gasteiger charge is 2.59. The van der Waals surface area contributed by atoms with Crippen LogP contribution in [-0.2, 0) is 4.79 Å². The van der Waals surface area contributed by atoms with Crippen molar-refractivity contribution in [2.24, 2.45) is 0 Å². The first-order chi connectivity index (χ1) is 13.1. The summed E-state index contributed by atoms with van der Waals surface area (Å²) in [6, 6.07) is 16.7. The van der Waals surface area contributed by atoms with Gasteiger partial charge in [0.05, 0.1) is 0 Å². The fraction of sp³-hybridized carbons (Fsp3) is 0.190. The van der Waals surface area contributed by atoms with Crippen LogP contribution >= 0.6 is 11.6 Å². The maximum Gasteiger partial charge on any atom is 0.330 e. The van der Waals surface area contributed by atoms with Gasteiger partial charge in [0, 0.05) is 16.6 Å². The van der Waals surface area contributed by atoms with E-state index in [-0.39, 0.29) is 11.8 Å². The smallest absolute Gasteiger partial charge is 0.323 e. The molecular weight excluding hydrogens is 362 g/mol. The molecule has 0 unspecified atom stereocenters. The number of urea groups is 1. The van der Waals surface area contributed by atoms with Crippen LogP contribution < -0.4 is 10.2 Å². The lowest BCUT2D eigenvalue weighted by atomic mass is 9.65. The van der Waals surface area contributed by atoms with Crippen molar-refractivity contribution in [3.63, 3.8) is 0 Å². The van der Waals surface area contributed by atoms with Crippen molar-refractivity contribution >= 4 is 40.1 Å². The second kappa shape index (κ2) is 5.79. The van der Waals surface area contributed by atoms with Crippen molar-refractivity contribution in [3.8, 4) is 0 Å². The van der Waals surface area contributed by atoms with Crippen LogP contribution in [0.1, 0.15) is 24.3 Å². The highest BCUT2D eigenvalue weighted by Crippen LogP contribution is 2.50. The molecule has 27 heavy (non-hydrogen) atoms. The molecule has 5 nitrogen and oxygen atoms in total. The minimum Gasteiger partial charge on any atom is -0.323 e. The van der Waals surface area contributed by atoms with E-state index < -0.39 is 11.6 Å². The monoisotopic (exact) mass is 377 g/mol. The molecule has 1 aromatic heterocycles. The Morgan fingerprint density at radius 3 is 2.59 bits per heavy atom. The average Bonchev–Trinajstić information content (AvgIpc) is 2.91. The number of amides is 3. The molecule has 5 rings (SSSR count). The number of aromatic nitrogens is 1. The Kier molecular flexibility index (Phi) is 3.49. The summed E-state index contributed by atoms with van der Waals surface area (Å²) >= 11 is 6.29. The van der Waals surface area contributed by atoms with E-state index in [1.807, 2.05) is 54.6 Å². The van der Waals surface area contributed by atoms with Crippen LogP contribution in [0.5, 0.6) is 0 Å². The number of anilines is 1. The molecule has 1 N–H and O–H groups in total. The summed E-state index contributed by atoms with van der Waals surface area (Å²) in [5.74, 6) is 0.303. The van der Waals surface area contributed by atoms with Crippen molar-refractivity contribution in [2.75, 3.05) is 4.90 Å². The number of imide groups is 1. The van der Waals surface area contributed by atoms with E-state index in [0.717, 1.165) is 16.3 Å². The van der Waals surface area contributed by atoms with Gasteiger partial charge in [-0.1, -0.05) is 54.1 Å². The summed E-state index contributed by atoms with van der Waals surface area (Å²) < 4.78 is 0. The van der Waals surface area contributed by atoms with Crippen molar-refractivity contribution in [3.05, 3.63) is 71.4 Å². The molecule has 134 valence electrons. The summed E-state index contributed by atoms with van der Waals surface area (Å²) in [5.41, 5.74) is 0.160. The number of rotatable bonds is 2. The molecule has 3 amide bonds. The van der Waals surface area contributed by atoms with Crippen LogP contribution in [0.4, 0.5) is 10.6 Å². The quantitative estimate of drug-likeness (QED) is 0.679. The van der Waals surface area contributed by atoms with Gasteiger partial charge in [-0.3, -0.25) is 4.79 Å². The molecule has 1 aliphatic carbocycles. The Hall–Kier alpha value is -2.92. The molecule has 2 fully saturated rings. The standard InChI is InChI=1S/C21H16ClN3O2/c22-17-8-4-3-6-15(17)14-11-21(12-14)19(26)25(20(27)24-21)18-16-7-2-1-5-13(16)9-10-23-18/h1-10,14H,11-12H2,(H,24,27). The molecule has 1 aliphatic heterocycles. The highest BCUT2D eigenvalue weighted by atomic mass is 35.5. The van der Waals surface area contributed by atoms with Gasteiger partial charge < -0.3 is 5.32 Å². The zero-order valence-corrected chi connectivity index (χ0v) is 15.1. The van der Waals surface area contributed by atoms with Gasteiger partial charge in [0.25, 0.3) is 5.91 Å². The lowest BCUT2D eigenvalue weighted by molar-refractivity contribution is -0.125. The summed E-state index contributed by atoms with van der Waals surface area (Å²) in [4.78, 5) is 31.4. The maximum absolute atomic E-state index is 13.2. The summed E-state index contributed by atoms with van der Waals surface area (Å²) in [7, 11) is 0. The third kappa shape index (κ3) is 2.35. The molecule has 3 aromatic rings. The number of hydrogen-bond donors (Lipinski definition) is 1. The minimum atomic E-state index is -0.862. The number of carbonyl (C=O) groups excluding carboxylic acids is 2. The van der Waals surface area contributed by atoms with Crippen LogP contribution in [0.25, 0.3) is 10.8 Å². The number of nitrogens with zero attached hydrogens (tertiary/aromatic N) is 2. The van der Waals surface area contributed by atoms with E-state index in [2.05, 4.69) is 10.3 Å². The number of carbonyl (C=O) groups is 2. The van der Waals surface area contributed by atoms with E-state index in [4.69, 9.17) is 11.6 Å². The second-order valence-corrected chi connectivity index (χ2v) is 7.54. The third-order valence-corrected chi connectivity index (χ3v) is 5.91. The number of nitrogens with one attached hydrogen (secondary N) is 1. The molecule has 0 bridgehead atoms. The Labute approximate surface area is 161 Å². The zero-order valence-electron chi connectivity index (χ0n) is 14.4. The van der Waals surface area contributed by atoms with Gasteiger partial charge in [-0.2, -0.15) is 0 Å². The minimum absolute atomic E-state index is 0.156. The van der Waals surface area contributed by atoms with Crippen LogP contribution in [0.15, 0.2) is 60.8 Å². The predicted molar refractivity (Wildman–Crippen MR) is 104 cm³/mol. The van der Waals surface area contributed by atoms with Crippen molar-refractivity contribution < 1.29 is 9.59 Å². The number of fused-ring (bicyclic) bond motifs is 1. The Morgan fingerprint density at radius 2 is 1.78 bits per heavy atom. The molecule has 0 atom stereocenters. The van der Waals surface area contributed by atoms with Crippen molar-refractivity contribution in [1.82, 2.24) is 10.3 Å². The molecule has 2 aliphatic rings. The van der Waals surface area contributed by atoms with Crippen molar-refractivity contribution in [1.29, 1.82) is 0 Å². The Balaban J connectivity index is 1.47. The normalized spacial score (nSPS) is 24.3. The predicted octanol–water partition coefficient (Wildman–Crippen LogP) is 4.26. The average molecular weight is 378 g/mol. The first-order valence-electron chi connectivity index (χ1n) is 8.84. The number of hydrogen-bond acceptors (Lipinski definition) is 3. The van der Waals surface area contributed by atoms with E-state index in [1.54, 1.807) is 6.20 Å². The van der Waals surface area contributed by atoms with Crippen LogP contribution in [0.3, 0.4) is 0 Å². The maximum atomic E-state index is 13.2. The third-order valence-electron chi connectivity index (χ3n) is 5.56. The van der Waals surface area contributed by atoms with E-state index in [1.165, 1.54) is 4.90 Å². The lowest BCUT2D eigenvalue weighted by Crippen LogP contribution is -2.56. The molecule has 1 saturated heterocycles. The van der Waals surface area contributed by atoms with Gasteiger partial charge in [0.1, 0.15) is 5.54 Å². The number of halogens is 1. The molecule has 2 heterocycles. The lowest BCUT2D eigenvalue weighted by Gasteiger charge is -2.43. The number of benzene rings is 2. The van der Waals surface area contributed by atoms with Gasteiger partial charge >= 0.3 is 6.03 Å². The van der Waals surface area contributed by atoms with E-state index in [0.29, 0.717) is 23.7 Å². The van der Waals surface area contributed by atoms with Gasteiger partial charge in [0.2, 0.25) is 0 Å². The van der Waals surface area contributed by atoms with Gasteiger partial charge in [-0.25, -0.2) is 14.7 Å². The SMILES string of the molecule is O=C1NC2(CC(c3ccccc3Cl)C2)C(=O)N1c1nccc2ccccc12. The summed E-state index contributed by atoms with van der Waals surface area (Å²) in [6.45, 7) is 0. The molecule has 1 saturated carbocycles. The molecular formula is C21H16ClN3O2. The molecule has 6 heteroatoms. The first kappa shape index (κ1) is 16.3. The second-order valence-electron chi connectivity index (χ2n) is 7.14. The van der Waals surface area contributed by atoms with Gasteiger partial charge in [0.15, 0.2) is 5.82 Å². The first-order valence-corrected chi connectivity index (χ1v) is 9.22. The van der Waals surface area contributed by atoms with Gasteiger partial charge in [-0.05, 0) is 41.8 Å². The summed E-state index contributed by atoms with van der Waals surface area (Å²) in [6.07, 6.45) is 2.71. The number of pyridine rings is 1. The fourth-order valence-electron chi connectivity index (χ4n) is 4.18. The largest absolute Gasteiger partial charge is 0.330 e. The van der Waals surface area contributed by atoms with Crippen LogP contribution in [0, 0.1) is 0 Å². The molecule has 2 aromatic carbocycles. The highest BCUT2D eigenvalue weighted by molar-refractivity contribution is 6.31. The van der Waals surface area contributed by atoms with Crippen molar-refractivity contribution in [2.45, 2.75) is 24.3 Å². The van der Waals surface area contributed by atoms with Crippen LogP contribution in [0.2, 0.25) is 5.02 Å². The van der Waals surface area contributed by atoms with E-state index >= 15 is 0 Å². The topological polar surface area (TPSA) is 62.3 Å². The Bertz CT molecular complexity index is 1090. The molecule has 0 radical (unpaired) electrons. The van der Waals surface area contributed by atoms with E-state index in [9.17, 15) is 9.59 Å². The fourth-order valence-corrected chi connectivity index (χ4v) is 4.47. The van der Waals surface area contributed by atoms with Gasteiger partial charge in [-0.15, -0.1) is 0 Å². The molecule has 1 spiro atoms. The zero-order chi connectivity index (χ0) is 18.6. The Morgan fingerprint density at radius 1 is 1.04 bits per heavy atom. The van der Waals surface area contributed by atoms with Crippen LogP contribution in [-0.4, -0.2) is 22.5 Å².